The van der Waals surface area contributed by atoms with Crippen LogP contribution in [0.5, 0.6) is 0 Å². The zero-order chi connectivity index (χ0) is 6.85. The van der Waals surface area contributed by atoms with E-state index in [0.717, 1.165) is 0 Å². The maximum Gasteiger partial charge on any atom is 0.0191 e. The Bertz CT molecular complexity index is 183. The van der Waals surface area contributed by atoms with Crippen molar-refractivity contribution in [1.29, 1.82) is 0 Å². The molecule has 50 valence electrons. The van der Waals surface area contributed by atoms with Crippen LogP contribution in [-0.2, 0) is 6.54 Å². The van der Waals surface area contributed by atoms with Crippen molar-refractivity contribution in [3.63, 3.8) is 0 Å². The van der Waals surface area contributed by atoms with Crippen molar-refractivity contribution >= 4 is 11.3 Å². The molecule has 0 aliphatic carbocycles. The summed E-state index contributed by atoms with van der Waals surface area (Å²) in [6, 6.07) is 0. The van der Waals surface area contributed by atoms with Crippen LogP contribution in [0.15, 0.2) is 5.38 Å². The van der Waals surface area contributed by atoms with Gasteiger partial charge in [-0.05, 0) is 30.4 Å². The van der Waals surface area contributed by atoms with Gasteiger partial charge in [-0.25, -0.2) is 0 Å². The van der Waals surface area contributed by atoms with Gasteiger partial charge in [-0.3, -0.25) is 0 Å². The number of thiophene rings is 1. The first-order valence-corrected chi connectivity index (χ1v) is 3.87. The molecule has 0 spiro atoms. The predicted molar refractivity (Wildman–Crippen MR) is 41.7 cm³/mol. The molecule has 1 aromatic rings. The van der Waals surface area contributed by atoms with Gasteiger partial charge in [0.25, 0.3) is 0 Å². The van der Waals surface area contributed by atoms with Gasteiger partial charge in [-0.15, -0.1) is 11.3 Å². The van der Waals surface area contributed by atoms with E-state index in [1.165, 1.54) is 16.0 Å². The van der Waals surface area contributed by atoms with Crippen molar-refractivity contribution in [3.8, 4) is 0 Å². The van der Waals surface area contributed by atoms with Gasteiger partial charge in [-0.2, -0.15) is 0 Å². The molecule has 1 heterocycles. The van der Waals surface area contributed by atoms with Crippen molar-refractivity contribution in [1.82, 2.24) is 0 Å². The van der Waals surface area contributed by atoms with E-state index in [1.807, 2.05) is 0 Å². The molecule has 0 fully saturated rings. The summed E-state index contributed by atoms with van der Waals surface area (Å²) in [5.74, 6) is 0. The Labute approximate surface area is 59.5 Å². The molecule has 0 amide bonds. The Kier molecular flexibility index (Phi) is 1.88. The fourth-order valence-corrected chi connectivity index (χ4v) is 1.78. The lowest BCUT2D eigenvalue weighted by Gasteiger charge is -1.93. The molecule has 9 heavy (non-hydrogen) atoms. The Hall–Kier alpha value is -0.340. The molecule has 0 bridgehead atoms. The highest BCUT2D eigenvalue weighted by Crippen LogP contribution is 2.19. The standard InChI is InChI=1S/C7H11NS/c1-5-4-9-6(2)7(5)3-8/h4H,3,8H2,1-2H3. The van der Waals surface area contributed by atoms with Gasteiger partial charge in [0.1, 0.15) is 0 Å². The van der Waals surface area contributed by atoms with Crippen LogP contribution in [-0.4, -0.2) is 0 Å². The van der Waals surface area contributed by atoms with Crippen LogP contribution in [0.1, 0.15) is 16.0 Å². The van der Waals surface area contributed by atoms with Gasteiger partial charge in [0.2, 0.25) is 0 Å². The number of rotatable bonds is 1. The van der Waals surface area contributed by atoms with Crippen molar-refractivity contribution in [3.05, 3.63) is 21.4 Å². The van der Waals surface area contributed by atoms with Gasteiger partial charge in [0, 0.05) is 11.4 Å². The summed E-state index contributed by atoms with van der Waals surface area (Å²) in [5.41, 5.74) is 8.16. The molecule has 0 atom stereocenters. The SMILES string of the molecule is Cc1csc(C)c1CN. The van der Waals surface area contributed by atoms with E-state index in [0.29, 0.717) is 6.54 Å². The highest BCUT2D eigenvalue weighted by molar-refractivity contribution is 7.10. The van der Waals surface area contributed by atoms with Gasteiger partial charge < -0.3 is 5.73 Å². The average molecular weight is 141 g/mol. The Balaban J connectivity index is 3.07. The number of hydrogen-bond acceptors (Lipinski definition) is 2. The minimum absolute atomic E-state index is 0.682. The quantitative estimate of drug-likeness (QED) is 0.634. The first-order chi connectivity index (χ1) is 4.25. The molecular formula is C7H11NS. The van der Waals surface area contributed by atoms with Crippen LogP contribution in [0.2, 0.25) is 0 Å². The van der Waals surface area contributed by atoms with E-state index in [1.54, 1.807) is 11.3 Å². The zero-order valence-electron chi connectivity index (χ0n) is 5.77. The topological polar surface area (TPSA) is 26.0 Å². The molecule has 0 unspecified atom stereocenters. The fourth-order valence-electron chi connectivity index (χ4n) is 0.901. The number of aryl methyl sites for hydroxylation is 2. The molecular weight excluding hydrogens is 130 g/mol. The van der Waals surface area contributed by atoms with E-state index in [9.17, 15) is 0 Å². The summed E-state index contributed by atoms with van der Waals surface area (Å²) < 4.78 is 0. The highest BCUT2D eigenvalue weighted by Gasteiger charge is 2.00. The summed E-state index contributed by atoms with van der Waals surface area (Å²) in [5, 5.41) is 2.15. The zero-order valence-corrected chi connectivity index (χ0v) is 6.59. The van der Waals surface area contributed by atoms with Crippen LogP contribution in [0.25, 0.3) is 0 Å². The van der Waals surface area contributed by atoms with E-state index in [2.05, 4.69) is 19.2 Å². The van der Waals surface area contributed by atoms with Crippen LogP contribution in [0, 0.1) is 13.8 Å². The molecule has 0 aliphatic rings. The maximum absolute atomic E-state index is 5.50. The maximum atomic E-state index is 5.50. The first-order valence-electron chi connectivity index (χ1n) is 2.99. The lowest BCUT2D eigenvalue weighted by Crippen LogP contribution is -1.97. The normalized spacial score (nSPS) is 10.1. The van der Waals surface area contributed by atoms with Gasteiger partial charge in [0.05, 0.1) is 0 Å². The summed E-state index contributed by atoms with van der Waals surface area (Å²) in [7, 11) is 0. The van der Waals surface area contributed by atoms with Crippen LogP contribution in [0.4, 0.5) is 0 Å². The monoisotopic (exact) mass is 141 g/mol. The lowest BCUT2D eigenvalue weighted by atomic mass is 10.2. The van der Waals surface area contributed by atoms with Crippen LogP contribution >= 0.6 is 11.3 Å². The second-order valence-corrected chi connectivity index (χ2v) is 3.24. The third-order valence-corrected chi connectivity index (χ3v) is 2.59. The third-order valence-electron chi connectivity index (χ3n) is 1.52. The molecule has 0 radical (unpaired) electrons. The number of nitrogens with two attached hydrogens (primary N) is 1. The molecule has 0 aliphatic heterocycles. The van der Waals surface area contributed by atoms with E-state index in [-0.39, 0.29) is 0 Å². The second kappa shape index (κ2) is 2.50. The average Bonchev–Trinajstić information content (AvgIpc) is 2.12. The molecule has 1 aromatic heterocycles. The van der Waals surface area contributed by atoms with E-state index < -0.39 is 0 Å². The molecule has 2 N–H and O–H groups in total. The summed E-state index contributed by atoms with van der Waals surface area (Å²) in [4.78, 5) is 1.36. The van der Waals surface area contributed by atoms with E-state index >= 15 is 0 Å². The molecule has 2 heteroatoms. The van der Waals surface area contributed by atoms with Crippen molar-refractivity contribution in [2.45, 2.75) is 20.4 Å². The van der Waals surface area contributed by atoms with Gasteiger partial charge in [0.15, 0.2) is 0 Å². The summed E-state index contributed by atoms with van der Waals surface area (Å²) in [6.45, 7) is 4.90. The molecule has 1 nitrogen and oxygen atoms in total. The fraction of sp³-hybridized carbons (Fsp3) is 0.429. The van der Waals surface area contributed by atoms with Crippen molar-refractivity contribution < 1.29 is 0 Å². The smallest absolute Gasteiger partial charge is 0.0191 e. The second-order valence-electron chi connectivity index (χ2n) is 2.16. The molecule has 1 rings (SSSR count). The van der Waals surface area contributed by atoms with Gasteiger partial charge >= 0.3 is 0 Å². The Morgan fingerprint density at radius 1 is 1.56 bits per heavy atom. The first kappa shape index (κ1) is 6.78. The summed E-state index contributed by atoms with van der Waals surface area (Å²) in [6.07, 6.45) is 0. The molecule has 0 saturated heterocycles. The van der Waals surface area contributed by atoms with E-state index in [4.69, 9.17) is 5.73 Å². The number of hydrogen-bond donors (Lipinski definition) is 1. The molecule has 0 aromatic carbocycles. The van der Waals surface area contributed by atoms with Gasteiger partial charge in [-0.1, -0.05) is 0 Å². The lowest BCUT2D eigenvalue weighted by molar-refractivity contribution is 1.05. The molecule has 0 saturated carbocycles. The minimum Gasteiger partial charge on any atom is -0.326 e. The van der Waals surface area contributed by atoms with Crippen LogP contribution in [0.3, 0.4) is 0 Å². The van der Waals surface area contributed by atoms with Crippen molar-refractivity contribution in [2.75, 3.05) is 0 Å². The minimum atomic E-state index is 0.682. The highest BCUT2D eigenvalue weighted by atomic mass is 32.1. The Morgan fingerprint density at radius 3 is 2.44 bits per heavy atom. The third kappa shape index (κ3) is 1.14. The Morgan fingerprint density at radius 2 is 2.22 bits per heavy atom. The largest absolute Gasteiger partial charge is 0.326 e. The summed E-state index contributed by atoms with van der Waals surface area (Å²) >= 11 is 1.78. The predicted octanol–water partition coefficient (Wildman–Crippen LogP) is 1.82. The van der Waals surface area contributed by atoms with Crippen molar-refractivity contribution in [2.24, 2.45) is 5.73 Å². The van der Waals surface area contributed by atoms with Crippen LogP contribution < -0.4 is 5.73 Å².